The number of benzene rings is 2. The lowest BCUT2D eigenvalue weighted by molar-refractivity contribution is 0.523. The highest BCUT2D eigenvalue weighted by molar-refractivity contribution is 9.10. The summed E-state index contributed by atoms with van der Waals surface area (Å²) in [5.74, 6) is -1.26. The van der Waals surface area contributed by atoms with Crippen LogP contribution in [0, 0.1) is 11.6 Å². The fourth-order valence-electron chi connectivity index (χ4n) is 1.88. The van der Waals surface area contributed by atoms with E-state index >= 15 is 0 Å². The number of nitrogens with two attached hydrogens (primary N) is 1. The van der Waals surface area contributed by atoms with E-state index in [1.54, 1.807) is 0 Å². The summed E-state index contributed by atoms with van der Waals surface area (Å²) in [5.41, 5.74) is 6.76. The Hall–Kier alpha value is -0.780. The predicted molar refractivity (Wildman–Crippen MR) is 78.8 cm³/mol. The molecule has 0 spiro atoms. The van der Waals surface area contributed by atoms with E-state index in [-0.39, 0.29) is 5.56 Å². The van der Waals surface area contributed by atoms with E-state index in [4.69, 9.17) is 5.73 Å². The first-order valence-electron chi connectivity index (χ1n) is 5.62. The van der Waals surface area contributed by atoms with Gasteiger partial charge < -0.3 is 5.73 Å². The molecule has 0 amide bonds. The monoisotopic (exact) mass is 389 g/mol. The molecule has 0 bridgehead atoms. The molecule has 2 rings (SSSR count). The molecule has 0 saturated heterocycles. The van der Waals surface area contributed by atoms with Crippen LogP contribution in [-0.4, -0.2) is 0 Å². The van der Waals surface area contributed by atoms with E-state index < -0.39 is 17.7 Å². The van der Waals surface area contributed by atoms with Gasteiger partial charge in [-0.05, 0) is 36.2 Å². The first-order chi connectivity index (χ1) is 8.97. The largest absolute Gasteiger partial charge is 0.323 e. The van der Waals surface area contributed by atoms with Crippen molar-refractivity contribution in [1.29, 1.82) is 0 Å². The van der Waals surface area contributed by atoms with Crippen molar-refractivity contribution in [1.82, 2.24) is 0 Å². The van der Waals surface area contributed by atoms with Crippen LogP contribution in [0.25, 0.3) is 0 Å². The fourth-order valence-corrected chi connectivity index (χ4v) is 2.55. The van der Waals surface area contributed by atoms with Crippen molar-refractivity contribution < 1.29 is 8.78 Å². The summed E-state index contributed by atoms with van der Waals surface area (Å²) in [4.78, 5) is 0. The molecule has 0 aliphatic rings. The van der Waals surface area contributed by atoms with Crippen LogP contribution in [0.3, 0.4) is 0 Å². The second kappa shape index (κ2) is 6.11. The summed E-state index contributed by atoms with van der Waals surface area (Å²) >= 11 is 6.38. The summed E-state index contributed by atoms with van der Waals surface area (Å²) < 4.78 is 28.9. The van der Waals surface area contributed by atoms with E-state index in [9.17, 15) is 8.78 Å². The quantitative estimate of drug-likeness (QED) is 0.805. The zero-order valence-corrected chi connectivity index (χ0v) is 13.0. The Bertz CT molecular complexity index is 561. The normalized spacial score (nSPS) is 12.5. The molecule has 5 heteroatoms. The highest BCUT2D eigenvalue weighted by Crippen LogP contribution is 2.26. The zero-order chi connectivity index (χ0) is 14.0. The van der Waals surface area contributed by atoms with Crippen LogP contribution in [0.15, 0.2) is 45.3 Å². The third kappa shape index (κ3) is 3.61. The molecule has 0 radical (unpaired) electrons. The lowest BCUT2D eigenvalue weighted by Crippen LogP contribution is -2.17. The molecule has 1 atom stereocenters. The molecular weight excluding hydrogens is 380 g/mol. The van der Waals surface area contributed by atoms with Crippen molar-refractivity contribution in [2.75, 3.05) is 0 Å². The van der Waals surface area contributed by atoms with E-state index in [0.717, 1.165) is 10.0 Å². The molecule has 19 heavy (non-hydrogen) atoms. The summed E-state index contributed by atoms with van der Waals surface area (Å²) in [6, 6.07) is 9.22. The summed E-state index contributed by atoms with van der Waals surface area (Å²) in [7, 11) is 0. The van der Waals surface area contributed by atoms with Crippen LogP contribution in [0.2, 0.25) is 0 Å². The Balaban J connectivity index is 2.25. The smallest absolute Gasteiger partial charge is 0.132 e. The van der Waals surface area contributed by atoms with Crippen molar-refractivity contribution in [2.24, 2.45) is 5.73 Å². The molecular formula is C14H11Br2F2N. The van der Waals surface area contributed by atoms with Crippen LogP contribution in [0.4, 0.5) is 8.78 Å². The maximum Gasteiger partial charge on any atom is 0.132 e. The molecule has 2 aromatic rings. The predicted octanol–water partition coefficient (Wildman–Crippen LogP) is 4.73. The lowest BCUT2D eigenvalue weighted by Gasteiger charge is -2.14. The van der Waals surface area contributed by atoms with E-state index in [2.05, 4.69) is 31.9 Å². The fraction of sp³-hybridized carbons (Fsp3) is 0.143. The van der Waals surface area contributed by atoms with Crippen molar-refractivity contribution in [3.8, 4) is 0 Å². The Morgan fingerprint density at radius 2 is 1.47 bits per heavy atom. The van der Waals surface area contributed by atoms with Crippen LogP contribution in [-0.2, 0) is 6.42 Å². The lowest BCUT2D eigenvalue weighted by atomic mass is 9.99. The molecule has 0 fully saturated rings. The standard InChI is InChI=1S/C14H11Br2F2N/c15-9-3-1-8(2-4-9)5-13(19)14-11(17)6-10(16)7-12(14)18/h1-4,6-7,13H,5,19H2. The molecule has 1 nitrogen and oxygen atoms in total. The number of rotatable bonds is 3. The topological polar surface area (TPSA) is 26.0 Å². The summed E-state index contributed by atoms with van der Waals surface area (Å²) in [5, 5.41) is 0. The van der Waals surface area contributed by atoms with Crippen molar-refractivity contribution in [3.05, 3.63) is 68.1 Å². The average Bonchev–Trinajstić information content (AvgIpc) is 2.30. The van der Waals surface area contributed by atoms with Crippen LogP contribution < -0.4 is 5.73 Å². The highest BCUT2D eigenvalue weighted by atomic mass is 79.9. The van der Waals surface area contributed by atoms with Gasteiger partial charge in [-0.25, -0.2) is 8.78 Å². The molecule has 2 aromatic carbocycles. The van der Waals surface area contributed by atoms with E-state index in [0.29, 0.717) is 10.9 Å². The average molecular weight is 391 g/mol. The Morgan fingerprint density at radius 3 is 2.00 bits per heavy atom. The van der Waals surface area contributed by atoms with Gasteiger partial charge in [0.05, 0.1) is 0 Å². The van der Waals surface area contributed by atoms with Gasteiger partial charge in [0.2, 0.25) is 0 Å². The molecule has 1 unspecified atom stereocenters. The summed E-state index contributed by atoms with van der Waals surface area (Å²) in [6.45, 7) is 0. The maximum absolute atomic E-state index is 13.8. The van der Waals surface area contributed by atoms with Gasteiger partial charge in [0, 0.05) is 20.6 Å². The van der Waals surface area contributed by atoms with Crippen molar-refractivity contribution in [3.63, 3.8) is 0 Å². The van der Waals surface area contributed by atoms with E-state index in [1.165, 1.54) is 12.1 Å². The second-order valence-electron chi connectivity index (χ2n) is 4.22. The van der Waals surface area contributed by atoms with Gasteiger partial charge in [-0.15, -0.1) is 0 Å². The third-order valence-electron chi connectivity index (χ3n) is 2.78. The van der Waals surface area contributed by atoms with Crippen LogP contribution >= 0.6 is 31.9 Å². The highest BCUT2D eigenvalue weighted by Gasteiger charge is 2.18. The Labute approximate surface area is 127 Å². The molecule has 100 valence electrons. The third-order valence-corrected chi connectivity index (χ3v) is 3.77. The number of halogens is 4. The molecule has 0 aliphatic carbocycles. The first-order valence-corrected chi connectivity index (χ1v) is 7.20. The Kier molecular flexibility index (Phi) is 4.71. The second-order valence-corrected chi connectivity index (χ2v) is 6.05. The summed E-state index contributed by atoms with van der Waals surface area (Å²) in [6.07, 6.45) is 0.378. The van der Waals surface area contributed by atoms with Crippen molar-refractivity contribution in [2.45, 2.75) is 12.5 Å². The van der Waals surface area contributed by atoms with Crippen LogP contribution in [0.5, 0.6) is 0 Å². The van der Waals surface area contributed by atoms with Gasteiger partial charge in [-0.2, -0.15) is 0 Å². The van der Waals surface area contributed by atoms with E-state index in [1.807, 2.05) is 24.3 Å². The number of hydrogen-bond donors (Lipinski definition) is 1. The first kappa shape index (κ1) is 14.6. The van der Waals surface area contributed by atoms with Gasteiger partial charge >= 0.3 is 0 Å². The molecule has 0 heterocycles. The van der Waals surface area contributed by atoms with Gasteiger partial charge in [0.15, 0.2) is 0 Å². The zero-order valence-electron chi connectivity index (χ0n) is 9.84. The minimum Gasteiger partial charge on any atom is -0.323 e. The Morgan fingerprint density at radius 1 is 0.947 bits per heavy atom. The minimum absolute atomic E-state index is 0.0777. The molecule has 0 aromatic heterocycles. The number of hydrogen-bond acceptors (Lipinski definition) is 1. The minimum atomic E-state index is -0.714. The van der Waals surface area contributed by atoms with Gasteiger partial charge in [-0.1, -0.05) is 44.0 Å². The van der Waals surface area contributed by atoms with Gasteiger partial charge in [0.1, 0.15) is 11.6 Å². The SMILES string of the molecule is NC(Cc1ccc(Br)cc1)c1c(F)cc(Br)cc1F. The maximum atomic E-state index is 13.8. The molecule has 0 saturated carbocycles. The van der Waals surface area contributed by atoms with Gasteiger partial charge in [0.25, 0.3) is 0 Å². The van der Waals surface area contributed by atoms with Crippen molar-refractivity contribution >= 4 is 31.9 Å². The molecule has 0 aliphatic heterocycles. The van der Waals surface area contributed by atoms with Crippen LogP contribution in [0.1, 0.15) is 17.2 Å². The molecule has 2 N–H and O–H groups in total. The van der Waals surface area contributed by atoms with Gasteiger partial charge in [-0.3, -0.25) is 0 Å².